The first-order chi connectivity index (χ1) is 9.78. The zero-order valence-electron chi connectivity index (χ0n) is 11.2. The Bertz CT molecular complexity index is 596. The van der Waals surface area contributed by atoms with Crippen LogP contribution >= 0.6 is 15.9 Å². The zero-order valence-corrected chi connectivity index (χ0v) is 12.8. The largest absolute Gasteiger partial charge is 0.271 e. The molecular formula is C16H18BrN3. The van der Waals surface area contributed by atoms with Crippen molar-refractivity contribution < 1.29 is 0 Å². The van der Waals surface area contributed by atoms with Gasteiger partial charge in [-0.05, 0) is 57.4 Å². The Morgan fingerprint density at radius 2 is 2.05 bits per heavy atom. The summed E-state index contributed by atoms with van der Waals surface area (Å²) in [5.41, 5.74) is 6.59. The van der Waals surface area contributed by atoms with Crippen LogP contribution in [0.2, 0.25) is 0 Å². The summed E-state index contributed by atoms with van der Waals surface area (Å²) < 4.78 is 0.963. The maximum absolute atomic E-state index is 5.77. The Morgan fingerprint density at radius 1 is 1.20 bits per heavy atom. The molecule has 2 aromatic rings. The molecule has 0 amide bonds. The van der Waals surface area contributed by atoms with Crippen LogP contribution in [0.25, 0.3) is 0 Å². The first kappa shape index (κ1) is 13.7. The Hall–Kier alpha value is -1.23. The SMILES string of the molecule is NNC(c1cncc(Br)c1)c1cccc(C2CCC2)c1. The van der Waals surface area contributed by atoms with E-state index in [9.17, 15) is 0 Å². The predicted octanol–water partition coefficient (Wildman–Crippen LogP) is 3.66. The van der Waals surface area contributed by atoms with Crippen molar-refractivity contribution in [3.05, 3.63) is 63.9 Å². The molecule has 0 radical (unpaired) electrons. The van der Waals surface area contributed by atoms with Crippen LogP contribution < -0.4 is 11.3 Å². The van der Waals surface area contributed by atoms with Gasteiger partial charge in [-0.15, -0.1) is 0 Å². The molecule has 0 saturated heterocycles. The minimum absolute atomic E-state index is 0.0278. The molecule has 0 spiro atoms. The van der Waals surface area contributed by atoms with Crippen molar-refractivity contribution in [2.75, 3.05) is 0 Å². The number of nitrogens with two attached hydrogens (primary N) is 1. The van der Waals surface area contributed by atoms with Crippen LogP contribution in [0.5, 0.6) is 0 Å². The maximum Gasteiger partial charge on any atom is 0.0725 e. The Labute approximate surface area is 127 Å². The van der Waals surface area contributed by atoms with Gasteiger partial charge in [0.05, 0.1) is 6.04 Å². The van der Waals surface area contributed by atoms with Gasteiger partial charge in [0.25, 0.3) is 0 Å². The van der Waals surface area contributed by atoms with E-state index in [4.69, 9.17) is 5.84 Å². The maximum atomic E-state index is 5.77. The van der Waals surface area contributed by atoms with E-state index in [0.29, 0.717) is 0 Å². The quantitative estimate of drug-likeness (QED) is 0.664. The second-order valence-corrected chi connectivity index (χ2v) is 6.25. The van der Waals surface area contributed by atoms with Gasteiger partial charge >= 0.3 is 0 Å². The van der Waals surface area contributed by atoms with Gasteiger partial charge in [0.2, 0.25) is 0 Å². The highest BCUT2D eigenvalue weighted by Gasteiger charge is 2.21. The Kier molecular flexibility index (Phi) is 4.15. The van der Waals surface area contributed by atoms with Gasteiger partial charge in [0, 0.05) is 16.9 Å². The number of pyridine rings is 1. The fourth-order valence-corrected chi connectivity index (χ4v) is 3.09. The van der Waals surface area contributed by atoms with Crippen LogP contribution in [-0.2, 0) is 0 Å². The monoisotopic (exact) mass is 331 g/mol. The summed E-state index contributed by atoms with van der Waals surface area (Å²) >= 11 is 3.46. The smallest absolute Gasteiger partial charge is 0.0725 e. The van der Waals surface area contributed by atoms with Crippen molar-refractivity contribution in [1.29, 1.82) is 0 Å². The third-order valence-corrected chi connectivity index (χ3v) is 4.48. The van der Waals surface area contributed by atoms with Crippen molar-refractivity contribution in [3.63, 3.8) is 0 Å². The van der Waals surface area contributed by atoms with E-state index in [1.165, 1.54) is 30.4 Å². The molecule has 3 nitrogen and oxygen atoms in total. The molecular weight excluding hydrogens is 314 g/mol. The number of hydrazine groups is 1. The number of nitrogens with one attached hydrogen (secondary N) is 1. The number of aromatic nitrogens is 1. The van der Waals surface area contributed by atoms with Crippen LogP contribution in [0.3, 0.4) is 0 Å². The summed E-state index contributed by atoms with van der Waals surface area (Å²) in [6.07, 6.45) is 7.60. The molecule has 1 heterocycles. The fourth-order valence-electron chi connectivity index (χ4n) is 2.71. The summed E-state index contributed by atoms with van der Waals surface area (Å²) in [6, 6.07) is 10.8. The standard InChI is InChI=1S/C16H18BrN3/c17-15-8-14(9-19-10-15)16(20-18)13-6-2-5-12(7-13)11-3-1-4-11/h2,5-11,16,20H,1,3-4,18H2. The van der Waals surface area contributed by atoms with Crippen LogP contribution in [-0.4, -0.2) is 4.98 Å². The van der Waals surface area contributed by atoms with E-state index in [-0.39, 0.29) is 6.04 Å². The molecule has 1 aliphatic carbocycles. The normalized spacial score (nSPS) is 16.7. The van der Waals surface area contributed by atoms with E-state index in [0.717, 1.165) is 16.0 Å². The summed E-state index contributed by atoms with van der Waals surface area (Å²) in [7, 11) is 0. The van der Waals surface area contributed by atoms with Gasteiger partial charge in [0.1, 0.15) is 0 Å². The minimum Gasteiger partial charge on any atom is -0.271 e. The molecule has 1 aliphatic rings. The third-order valence-electron chi connectivity index (χ3n) is 4.05. The summed E-state index contributed by atoms with van der Waals surface area (Å²) in [4.78, 5) is 4.22. The molecule has 1 aromatic heterocycles. The lowest BCUT2D eigenvalue weighted by Gasteiger charge is -2.27. The molecule has 1 fully saturated rings. The average Bonchev–Trinajstić information content (AvgIpc) is 2.38. The lowest BCUT2D eigenvalue weighted by molar-refractivity contribution is 0.419. The van der Waals surface area contributed by atoms with E-state index in [1.807, 2.05) is 12.3 Å². The molecule has 3 N–H and O–H groups in total. The Balaban J connectivity index is 1.92. The van der Waals surface area contributed by atoms with Crippen LogP contribution in [0.15, 0.2) is 47.2 Å². The zero-order chi connectivity index (χ0) is 13.9. The molecule has 1 saturated carbocycles. The summed E-state index contributed by atoms with van der Waals surface area (Å²) in [5, 5.41) is 0. The molecule has 104 valence electrons. The van der Waals surface area contributed by atoms with Crippen LogP contribution in [0, 0.1) is 0 Å². The number of hydrogen-bond acceptors (Lipinski definition) is 3. The minimum atomic E-state index is -0.0278. The second kappa shape index (κ2) is 6.04. The number of hydrogen-bond donors (Lipinski definition) is 2. The number of benzene rings is 1. The van der Waals surface area contributed by atoms with Crippen LogP contribution in [0.4, 0.5) is 0 Å². The number of rotatable bonds is 4. The third kappa shape index (κ3) is 2.77. The summed E-state index contributed by atoms with van der Waals surface area (Å²) in [5.74, 6) is 6.50. The van der Waals surface area contributed by atoms with E-state index < -0.39 is 0 Å². The topological polar surface area (TPSA) is 50.9 Å². The van der Waals surface area contributed by atoms with Gasteiger partial charge in [-0.2, -0.15) is 0 Å². The van der Waals surface area contributed by atoms with E-state index in [2.05, 4.69) is 50.6 Å². The van der Waals surface area contributed by atoms with Crippen molar-refractivity contribution in [2.45, 2.75) is 31.2 Å². The fraction of sp³-hybridized carbons (Fsp3) is 0.312. The number of halogens is 1. The molecule has 3 rings (SSSR count). The van der Waals surface area contributed by atoms with E-state index >= 15 is 0 Å². The average molecular weight is 332 g/mol. The molecule has 20 heavy (non-hydrogen) atoms. The van der Waals surface area contributed by atoms with Gasteiger partial charge in [-0.1, -0.05) is 30.7 Å². The summed E-state index contributed by atoms with van der Waals surface area (Å²) in [6.45, 7) is 0. The highest BCUT2D eigenvalue weighted by atomic mass is 79.9. The first-order valence-corrected chi connectivity index (χ1v) is 7.73. The van der Waals surface area contributed by atoms with Crippen molar-refractivity contribution in [3.8, 4) is 0 Å². The molecule has 4 heteroatoms. The first-order valence-electron chi connectivity index (χ1n) is 6.94. The van der Waals surface area contributed by atoms with Crippen LogP contribution in [0.1, 0.15) is 47.9 Å². The van der Waals surface area contributed by atoms with Crippen molar-refractivity contribution in [1.82, 2.24) is 10.4 Å². The predicted molar refractivity (Wildman–Crippen MR) is 84.1 cm³/mol. The van der Waals surface area contributed by atoms with Gasteiger partial charge < -0.3 is 0 Å². The second-order valence-electron chi connectivity index (χ2n) is 5.33. The highest BCUT2D eigenvalue weighted by Crippen LogP contribution is 2.37. The Morgan fingerprint density at radius 3 is 2.70 bits per heavy atom. The molecule has 1 unspecified atom stereocenters. The van der Waals surface area contributed by atoms with Gasteiger partial charge in [0.15, 0.2) is 0 Å². The van der Waals surface area contributed by atoms with Gasteiger partial charge in [-0.25, -0.2) is 5.43 Å². The molecule has 1 aromatic carbocycles. The molecule has 0 aliphatic heterocycles. The lowest BCUT2D eigenvalue weighted by atomic mass is 9.79. The van der Waals surface area contributed by atoms with E-state index in [1.54, 1.807) is 6.20 Å². The molecule has 1 atom stereocenters. The van der Waals surface area contributed by atoms with Crippen molar-refractivity contribution >= 4 is 15.9 Å². The highest BCUT2D eigenvalue weighted by molar-refractivity contribution is 9.10. The van der Waals surface area contributed by atoms with Crippen molar-refractivity contribution in [2.24, 2.45) is 5.84 Å². The van der Waals surface area contributed by atoms with Gasteiger partial charge in [-0.3, -0.25) is 10.8 Å². The molecule has 0 bridgehead atoms. The lowest BCUT2D eigenvalue weighted by Crippen LogP contribution is -2.29. The number of nitrogens with zero attached hydrogens (tertiary/aromatic N) is 1.